The van der Waals surface area contributed by atoms with Crippen molar-refractivity contribution in [3.05, 3.63) is 36.7 Å². The molecule has 0 N–H and O–H groups in total. The second-order valence-electron chi connectivity index (χ2n) is 8.03. The number of likely N-dealkylation sites (tertiary alicyclic amines) is 1. The Labute approximate surface area is 170 Å². The molecule has 29 heavy (non-hydrogen) atoms. The summed E-state index contributed by atoms with van der Waals surface area (Å²) in [5, 5.41) is 0. The first-order valence-corrected chi connectivity index (χ1v) is 9.50. The summed E-state index contributed by atoms with van der Waals surface area (Å²) in [4.78, 5) is 30.5. The normalized spacial score (nSPS) is 19.1. The van der Waals surface area contributed by atoms with Gasteiger partial charge in [-0.3, -0.25) is 9.88 Å². The quantitative estimate of drug-likeness (QED) is 0.733. The Morgan fingerprint density at radius 3 is 2.62 bits per heavy atom. The molecule has 8 nitrogen and oxygen atoms in total. The Morgan fingerprint density at radius 2 is 2.00 bits per heavy atom. The van der Waals surface area contributed by atoms with E-state index in [2.05, 4.69) is 4.98 Å². The van der Waals surface area contributed by atoms with Crippen LogP contribution in [0.2, 0.25) is 0 Å². The summed E-state index contributed by atoms with van der Waals surface area (Å²) >= 11 is 0. The fourth-order valence-electron chi connectivity index (χ4n) is 3.31. The number of carbonyl (C=O) groups excluding carboxylic acids is 2. The van der Waals surface area contributed by atoms with Gasteiger partial charge in [0.15, 0.2) is 0 Å². The molecule has 0 bridgehead atoms. The van der Waals surface area contributed by atoms with Crippen LogP contribution in [-0.4, -0.2) is 57.9 Å². The minimum Gasteiger partial charge on any atom is -0.488 e. The van der Waals surface area contributed by atoms with Gasteiger partial charge in [0.2, 0.25) is 0 Å². The van der Waals surface area contributed by atoms with Crippen LogP contribution in [0.5, 0.6) is 5.75 Å². The smallest absolute Gasteiger partial charge is 0.411 e. The number of nitrogens with zero attached hydrogens (tertiary/aromatic N) is 3. The van der Waals surface area contributed by atoms with Crippen LogP contribution in [0.25, 0.3) is 11.4 Å². The summed E-state index contributed by atoms with van der Waals surface area (Å²) in [5.74, 6) is 0.136. The van der Waals surface area contributed by atoms with E-state index in [0.29, 0.717) is 12.2 Å². The third-order valence-corrected chi connectivity index (χ3v) is 4.60. The predicted octanol–water partition coefficient (Wildman–Crippen LogP) is 3.02. The van der Waals surface area contributed by atoms with Crippen LogP contribution < -0.4 is 4.74 Å². The average Bonchev–Trinajstić information content (AvgIpc) is 3.26. The summed E-state index contributed by atoms with van der Waals surface area (Å²) in [6, 6.07) is 6.78. The van der Waals surface area contributed by atoms with Gasteiger partial charge in [-0.1, -0.05) is 0 Å². The fraction of sp³-hybridized carbons (Fsp3) is 0.476. The molecule has 0 aliphatic carbocycles. The summed E-state index contributed by atoms with van der Waals surface area (Å²) < 4.78 is 18.4. The fourth-order valence-corrected chi connectivity index (χ4v) is 3.31. The molecule has 0 saturated carbocycles. The first-order valence-electron chi connectivity index (χ1n) is 9.50. The number of amides is 1. The number of aryl methyl sites for hydroxylation is 1. The van der Waals surface area contributed by atoms with Gasteiger partial charge in [0.25, 0.3) is 0 Å². The molecule has 0 radical (unpaired) electrons. The van der Waals surface area contributed by atoms with Crippen molar-refractivity contribution < 1.29 is 23.8 Å². The van der Waals surface area contributed by atoms with E-state index in [9.17, 15) is 9.59 Å². The predicted molar refractivity (Wildman–Crippen MR) is 106 cm³/mol. The Kier molecular flexibility index (Phi) is 5.81. The number of pyridine rings is 1. The summed E-state index contributed by atoms with van der Waals surface area (Å²) in [7, 11) is 3.25. The molecular formula is C21H27N3O5. The number of hydrogen-bond donors (Lipinski definition) is 0. The molecule has 1 aliphatic heterocycles. The van der Waals surface area contributed by atoms with Crippen molar-refractivity contribution >= 4 is 12.1 Å². The SMILES string of the molecule is COC(=O)[C@@H]1C[C@@H](Oc2ccnc(-c3cccn3C)c2)CN1C(=O)OC(C)(C)C. The van der Waals surface area contributed by atoms with Gasteiger partial charge >= 0.3 is 12.1 Å². The van der Waals surface area contributed by atoms with Crippen LogP contribution in [0.1, 0.15) is 27.2 Å². The number of aromatic nitrogens is 2. The second-order valence-corrected chi connectivity index (χ2v) is 8.03. The molecule has 2 aromatic heterocycles. The maximum atomic E-state index is 12.6. The van der Waals surface area contributed by atoms with Gasteiger partial charge in [-0.25, -0.2) is 9.59 Å². The van der Waals surface area contributed by atoms with Gasteiger partial charge in [0.1, 0.15) is 23.5 Å². The molecule has 0 unspecified atom stereocenters. The van der Waals surface area contributed by atoms with Crippen molar-refractivity contribution in [2.24, 2.45) is 7.05 Å². The average molecular weight is 401 g/mol. The molecule has 3 rings (SSSR count). The Morgan fingerprint density at radius 1 is 1.24 bits per heavy atom. The lowest BCUT2D eigenvalue weighted by Crippen LogP contribution is -2.44. The van der Waals surface area contributed by atoms with E-state index in [1.807, 2.05) is 36.0 Å². The van der Waals surface area contributed by atoms with E-state index < -0.39 is 23.7 Å². The van der Waals surface area contributed by atoms with Crippen LogP contribution in [0.15, 0.2) is 36.7 Å². The number of rotatable bonds is 4. The highest BCUT2D eigenvalue weighted by molar-refractivity contribution is 5.82. The zero-order chi connectivity index (χ0) is 21.2. The first kappa shape index (κ1) is 20.7. The van der Waals surface area contributed by atoms with Gasteiger partial charge in [0.05, 0.1) is 25.0 Å². The molecule has 1 amide bonds. The molecule has 0 spiro atoms. The van der Waals surface area contributed by atoms with Crippen molar-refractivity contribution in [3.63, 3.8) is 0 Å². The largest absolute Gasteiger partial charge is 0.488 e. The van der Waals surface area contributed by atoms with Gasteiger partial charge in [-0.05, 0) is 39.0 Å². The molecule has 2 atom stereocenters. The monoisotopic (exact) mass is 401 g/mol. The Hall–Kier alpha value is -3.03. The van der Waals surface area contributed by atoms with E-state index in [0.717, 1.165) is 11.4 Å². The summed E-state index contributed by atoms with van der Waals surface area (Å²) in [5.41, 5.74) is 1.08. The number of methoxy groups -OCH3 is 1. The third-order valence-electron chi connectivity index (χ3n) is 4.60. The van der Waals surface area contributed by atoms with Crippen molar-refractivity contribution in [1.29, 1.82) is 0 Å². The molecule has 1 fully saturated rings. The molecule has 1 aliphatic rings. The van der Waals surface area contributed by atoms with E-state index >= 15 is 0 Å². The molecule has 8 heteroatoms. The second kappa shape index (κ2) is 8.14. The minimum atomic E-state index is -0.742. The van der Waals surface area contributed by atoms with Crippen LogP contribution >= 0.6 is 0 Å². The van der Waals surface area contributed by atoms with Gasteiger partial charge in [0, 0.05) is 31.9 Å². The first-order chi connectivity index (χ1) is 13.7. The Balaban J connectivity index is 1.75. The molecule has 156 valence electrons. The van der Waals surface area contributed by atoms with Crippen LogP contribution in [0.4, 0.5) is 4.79 Å². The zero-order valence-corrected chi connectivity index (χ0v) is 17.4. The van der Waals surface area contributed by atoms with Gasteiger partial charge in [-0.2, -0.15) is 0 Å². The number of carbonyl (C=O) groups is 2. The lowest BCUT2D eigenvalue weighted by molar-refractivity contribution is -0.145. The molecule has 2 aromatic rings. The maximum Gasteiger partial charge on any atom is 0.411 e. The van der Waals surface area contributed by atoms with Crippen molar-refractivity contribution in [3.8, 4) is 17.1 Å². The van der Waals surface area contributed by atoms with E-state index in [1.165, 1.54) is 12.0 Å². The van der Waals surface area contributed by atoms with Crippen molar-refractivity contribution in [2.45, 2.75) is 44.9 Å². The minimum absolute atomic E-state index is 0.233. The van der Waals surface area contributed by atoms with E-state index in [1.54, 1.807) is 33.0 Å². The third kappa shape index (κ3) is 4.88. The standard InChI is InChI=1S/C21H27N3O5/c1-21(2,3)29-20(26)24-13-15(12-18(24)19(25)27-5)28-14-8-9-22-16(11-14)17-7-6-10-23(17)4/h6-11,15,18H,12-13H2,1-5H3/t15-,18+/m1/s1. The molecular weight excluding hydrogens is 374 g/mol. The zero-order valence-electron chi connectivity index (χ0n) is 17.4. The lowest BCUT2D eigenvalue weighted by Gasteiger charge is -2.27. The highest BCUT2D eigenvalue weighted by atomic mass is 16.6. The van der Waals surface area contributed by atoms with Crippen molar-refractivity contribution in [2.75, 3.05) is 13.7 Å². The number of ether oxygens (including phenoxy) is 3. The van der Waals surface area contributed by atoms with Gasteiger partial charge < -0.3 is 18.8 Å². The highest BCUT2D eigenvalue weighted by Crippen LogP contribution is 2.28. The number of hydrogen-bond acceptors (Lipinski definition) is 6. The summed E-state index contributed by atoms with van der Waals surface area (Å²) in [6.45, 7) is 5.58. The van der Waals surface area contributed by atoms with Gasteiger partial charge in [-0.15, -0.1) is 0 Å². The van der Waals surface area contributed by atoms with Crippen molar-refractivity contribution in [1.82, 2.24) is 14.5 Å². The Bertz CT molecular complexity index is 886. The lowest BCUT2D eigenvalue weighted by atomic mass is 10.2. The maximum absolute atomic E-state index is 12.6. The van der Waals surface area contributed by atoms with Crippen LogP contribution in [0.3, 0.4) is 0 Å². The van der Waals surface area contributed by atoms with E-state index in [-0.39, 0.29) is 12.6 Å². The number of esters is 1. The van der Waals surface area contributed by atoms with Crippen LogP contribution in [0, 0.1) is 0 Å². The van der Waals surface area contributed by atoms with E-state index in [4.69, 9.17) is 14.2 Å². The molecule has 3 heterocycles. The topological polar surface area (TPSA) is 82.9 Å². The molecule has 1 saturated heterocycles. The molecule has 0 aromatic carbocycles. The summed E-state index contributed by atoms with van der Waals surface area (Å²) in [6.07, 6.45) is 3.03. The highest BCUT2D eigenvalue weighted by Gasteiger charge is 2.43. The van der Waals surface area contributed by atoms with Crippen LogP contribution in [-0.2, 0) is 21.3 Å².